The van der Waals surface area contributed by atoms with Gasteiger partial charge in [0.1, 0.15) is 5.69 Å². The third-order valence-electron chi connectivity index (χ3n) is 7.81. The van der Waals surface area contributed by atoms with Crippen LogP contribution < -0.4 is 0 Å². The number of benzene rings is 6. The Labute approximate surface area is 249 Å². The highest BCUT2D eigenvalue weighted by Gasteiger charge is 2.17. The van der Waals surface area contributed by atoms with Gasteiger partial charge in [-0.1, -0.05) is 121 Å². The van der Waals surface area contributed by atoms with Crippen molar-refractivity contribution >= 4 is 16.7 Å². The molecule has 4 heteroatoms. The van der Waals surface area contributed by atoms with Crippen molar-refractivity contribution in [3.63, 3.8) is 0 Å². The van der Waals surface area contributed by atoms with Gasteiger partial charge in [-0.25, -0.2) is 14.5 Å². The Kier molecular flexibility index (Phi) is 6.08. The zero-order valence-corrected chi connectivity index (χ0v) is 23.3. The molecule has 4 nitrogen and oxygen atoms in total. The lowest BCUT2D eigenvalue weighted by Crippen LogP contribution is -1.97. The van der Waals surface area contributed by atoms with E-state index in [0.29, 0.717) is 5.82 Å². The van der Waals surface area contributed by atoms with Gasteiger partial charge in [0, 0.05) is 11.1 Å². The van der Waals surface area contributed by atoms with Gasteiger partial charge in [-0.2, -0.15) is 0 Å². The molecule has 0 atom stereocenters. The summed E-state index contributed by atoms with van der Waals surface area (Å²) in [6.07, 6.45) is 0. The van der Waals surface area contributed by atoms with E-state index in [0.717, 1.165) is 44.6 Å². The Hall–Kier alpha value is -5.87. The SMILES string of the molecule is c1ccc(-c2cc(-c3ccccc3)cc(-c3cccc(-c4nc5c(-c6ccccc6)nc6ccccc6n5n4)c3)c2)cc1. The van der Waals surface area contributed by atoms with E-state index in [1.165, 1.54) is 22.3 Å². The maximum atomic E-state index is 5.06. The van der Waals surface area contributed by atoms with E-state index in [1.54, 1.807) is 0 Å². The van der Waals surface area contributed by atoms with Gasteiger partial charge in [0.25, 0.3) is 0 Å². The number of hydrogen-bond acceptors (Lipinski definition) is 3. The fraction of sp³-hybridized carbons (Fsp3) is 0. The van der Waals surface area contributed by atoms with Crippen LogP contribution in [0.3, 0.4) is 0 Å². The average molecular weight is 551 g/mol. The Balaban J connectivity index is 1.29. The molecule has 0 aliphatic heterocycles. The van der Waals surface area contributed by atoms with Crippen molar-refractivity contribution < 1.29 is 0 Å². The van der Waals surface area contributed by atoms with Crippen LogP contribution in [0.15, 0.2) is 158 Å². The maximum absolute atomic E-state index is 5.06. The Morgan fingerprint density at radius 3 is 1.51 bits per heavy atom. The van der Waals surface area contributed by atoms with Crippen molar-refractivity contribution in [2.75, 3.05) is 0 Å². The summed E-state index contributed by atoms with van der Waals surface area (Å²) in [5.41, 5.74) is 12.3. The molecule has 0 aliphatic rings. The molecule has 0 bridgehead atoms. The highest BCUT2D eigenvalue weighted by molar-refractivity contribution is 5.87. The van der Waals surface area contributed by atoms with Crippen LogP contribution >= 0.6 is 0 Å². The molecule has 8 aromatic rings. The predicted octanol–water partition coefficient (Wildman–Crippen LogP) is 9.61. The molecular formula is C39H26N4. The summed E-state index contributed by atoms with van der Waals surface area (Å²) in [6, 6.07) is 54.7. The molecular weight excluding hydrogens is 524 g/mol. The van der Waals surface area contributed by atoms with E-state index in [4.69, 9.17) is 15.1 Å². The van der Waals surface area contributed by atoms with Gasteiger partial charge in [-0.05, 0) is 69.8 Å². The van der Waals surface area contributed by atoms with Crippen molar-refractivity contribution in [3.8, 4) is 56.0 Å². The summed E-state index contributed by atoms with van der Waals surface area (Å²) in [6.45, 7) is 0. The Bertz CT molecular complexity index is 2160. The quantitative estimate of drug-likeness (QED) is 0.214. The lowest BCUT2D eigenvalue weighted by molar-refractivity contribution is 1.00. The van der Waals surface area contributed by atoms with Gasteiger partial charge in [0.05, 0.1) is 11.0 Å². The van der Waals surface area contributed by atoms with Crippen LogP contribution in [0.25, 0.3) is 72.7 Å². The van der Waals surface area contributed by atoms with Gasteiger partial charge in [-0.15, -0.1) is 5.10 Å². The number of aromatic nitrogens is 4. The lowest BCUT2D eigenvalue weighted by Gasteiger charge is -2.12. The molecule has 0 N–H and O–H groups in total. The van der Waals surface area contributed by atoms with E-state index >= 15 is 0 Å². The molecule has 0 aliphatic carbocycles. The topological polar surface area (TPSA) is 43.1 Å². The lowest BCUT2D eigenvalue weighted by atomic mass is 9.93. The molecule has 6 aromatic carbocycles. The largest absolute Gasteiger partial charge is 0.242 e. The maximum Gasteiger partial charge on any atom is 0.182 e. The third kappa shape index (κ3) is 4.65. The molecule has 8 rings (SSSR count). The van der Waals surface area contributed by atoms with Gasteiger partial charge in [0.15, 0.2) is 11.5 Å². The van der Waals surface area contributed by atoms with Crippen molar-refractivity contribution in [3.05, 3.63) is 158 Å². The number of para-hydroxylation sites is 2. The van der Waals surface area contributed by atoms with Crippen LogP contribution in [0, 0.1) is 0 Å². The van der Waals surface area contributed by atoms with Crippen LogP contribution in [-0.2, 0) is 0 Å². The molecule has 2 heterocycles. The first kappa shape index (κ1) is 24.9. The Morgan fingerprint density at radius 2 is 0.860 bits per heavy atom. The van der Waals surface area contributed by atoms with Crippen molar-refractivity contribution in [2.24, 2.45) is 0 Å². The Morgan fingerprint density at radius 1 is 0.372 bits per heavy atom. The molecule has 202 valence electrons. The fourth-order valence-electron chi connectivity index (χ4n) is 5.68. The average Bonchev–Trinajstić information content (AvgIpc) is 3.55. The molecule has 43 heavy (non-hydrogen) atoms. The van der Waals surface area contributed by atoms with Gasteiger partial charge in [0.2, 0.25) is 0 Å². The van der Waals surface area contributed by atoms with E-state index in [1.807, 2.05) is 47.0 Å². The molecule has 0 unspecified atom stereocenters. The summed E-state index contributed by atoms with van der Waals surface area (Å²) >= 11 is 0. The van der Waals surface area contributed by atoms with Gasteiger partial charge < -0.3 is 0 Å². The first-order valence-corrected chi connectivity index (χ1v) is 14.4. The second-order valence-electron chi connectivity index (χ2n) is 10.6. The van der Waals surface area contributed by atoms with Crippen molar-refractivity contribution in [1.29, 1.82) is 0 Å². The van der Waals surface area contributed by atoms with E-state index in [-0.39, 0.29) is 0 Å². The second-order valence-corrected chi connectivity index (χ2v) is 10.6. The zero-order chi connectivity index (χ0) is 28.6. The van der Waals surface area contributed by atoms with Gasteiger partial charge in [-0.3, -0.25) is 0 Å². The molecule has 0 amide bonds. The van der Waals surface area contributed by atoms with Gasteiger partial charge >= 0.3 is 0 Å². The molecule has 2 aromatic heterocycles. The number of rotatable bonds is 5. The predicted molar refractivity (Wildman–Crippen MR) is 175 cm³/mol. The van der Waals surface area contributed by atoms with Crippen LogP contribution in [-0.4, -0.2) is 19.6 Å². The first-order chi connectivity index (χ1) is 21.3. The second kappa shape index (κ2) is 10.5. The number of fused-ring (bicyclic) bond motifs is 3. The summed E-state index contributed by atoms with van der Waals surface area (Å²) in [4.78, 5) is 10.1. The van der Waals surface area contributed by atoms with E-state index < -0.39 is 0 Å². The van der Waals surface area contributed by atoms with Crippen molar-refractivity contribution in [1.82, 2.24) is 19.6 Å². The highest BCUT2D eigenvalue weighted by Crippen LogP contribution is 2.35. The zero-order valence-electron chi connectivity index (χ0n) is 23.3. The van der Waals surface area contributed by atoms with Crippen LogP contribution in [0.5, 0.6) is 0 Å². The fourth-order valence-corrected chi connectivity index (χ4v) is 5.68. The summed E-state index contributed by atoms with van der Waals surface area (Å²) < 4.78 is 1.93. The molecule has 0 saturated carbocycles. The molecule has 0 radical (unpaired) electrons. The molecule has 0 saturated heterocycles. The van der Waals surface area contributed by atoms with Crippen LogP contribution in [0.1, 0.15) is 0 Å². The van der Waals surface area contributed by atoms with Crippen LogP contribution in [0.2, 0.25) is 0 Å². The summed E-state index contributed by atoms with van der Waals surface area (Å²) in [7, 11) is 0. The molecule has 0 spiro atoms. The monoisotopic (exact) mass is 550 g/mol. The van der Waals surface area contributed by atoms with Crippen molar-refractivity contribution in [2.45, 2.75) is 0 Å². The summed E-state index contributed by atoms with van der Waals surface area (Å²) in [5, 5.41) is 5.03. The number of nitrogens with zero attached hydrogens (tertiary/aromatic N) is 4. The highest BCUT2D eigenvalue weighted by atomic mass is 15.3. The third-order valence-corrected chi connectivity index (χ3v) is 7.81. The van der Waals surface area contributed by atoms with E-state index in [9.17, 15) is 0 Å². The number of hydrogen-bond donors (Lipinski definition) is 0. The minimum atomic E-state index is 0.666. The van der Waals surface area contributed by atoms with E-state index in [2.05, 4.69) is 115 Å². The minimum absolute atomic E-state index is 0.666. The normalized spacial score (nSPS) is 11.3. The smallest absolute Gasteiger partial charge is 0.182 e. The first-order valence-electron chi connectivity index (χ1n) is 14.4. The summed E-state index contributed by atoms with van der Waals surface area (Å²) in [5.74, 6) is 0.666. The standard InChI is InChI=1S/C39H26N4/c1-4-13-27(14-5-1)32-24-33(28-15-6-2-7-16-28)26-34(25-32)30-19-12-20-31(23-30)38-41-39-37(29-17-8-3-9-18-29)40-35-21-10-11-22-36(35)43(39)42-38/h1-26H. The molecule has 0 fully saturated rings. The minimum Gasteiger partial charge on any atom is -0.242 e. The van der Waals surface area contributed by atoms with Crippen LogP contribution in [0.4, 0.5) is 0 Å².